The molecule has 2 heterocycles. The lowest BCUT2D eigenvalue weighted by molar-refractivity contribution is 0.370. The Morgan fingerprint density at radius 1 is 1.40 bits per heavy atom. The Morgan fingerprint density at radius 2 is 2.20 bits per heavy atom. The highest BCUT2D eigenvalue weighted by atomic mass is 14.9. The Kier molecular flexibility index (Phi) is 3.41. The molecule has 3 nitrogen and oxygen atoms in total. The highest BCUT2D eigenvalue weighted by Crippen LogP contribution is 2.22. The van der Waals surface area contributed by atoms with Gasteiger partial charge in [0, 0.05) is 12.7 Å². The third-order valence-electron chi connectivity index (χ3n) is 3.09. The van der Waals surface area contributed by atoms with Crippen molar-refractivity contribution < 1.29 is 0 Å². The Morgan fingerprint density at radius 3 is 2.93 bits per heavy atom. The number of dihydropyridines is 1. The van der Waals surface area contributed by atoms with E-state index in [0.29, 0.717) is 0 Å². The molecule has 1 fully saturated rings. The van der Waals surface area contributed by atoms with Gasteiger partial charge >= 0.3 is 0 Å². The summed E-state index contributed by atoms with van der Waals surface area (Å²) in [5, 5.41) is 15.3. The van der Waals surface area contributed by atoms with Gasteiger partial charge in [0.2, 0.25) is 0 Å². The minimum Gasteiger partial charge on any atom is -0.386 e. The number of nitrogens with one attached hydrogen (secondary N) is 2. The van der Waals surface area contributed by atoms with E-state index in [-0.39, 0.29) is 0 Å². The van der Waals surface area contributed by atoms with Crippen molar-refractivity contribution in [3.05, 3.63) is 23.4 Å². The summed E-state index contributed by atoms with van der Waals surface area (Å²) in [5.74, 6) is 0.803. The van der Waals surface area contributed by atoms with E-state index in [1.54, 1.807) is 6.20 Å². The monoisotopic (exact) mass is 203 g/mol. The van der Waals surface area contributed by atoms with E-state index in [4.69, 9.17) is 5.26 Å². The van der Waals surface area contributed by atoms with Crippen LogP contribution in [-0.2, 0) is 0 Å². The summed E-state index contributed by atoms with van der Waals surface area (Å²) in [6, 6.07) is 2.18. The topological polar surface area (TPSA) is 47.9 Å². The zero-order chi connectivity index (χ0) is 10.5. The van der Waals surface area contributed by atoms with Gasteiger partial charge in [-0.2, -0.15) is 5.26 Å². The number of piperidine rings is 1. The molecule has 0 saturated carbocycles. The van der Waals surface area contributed by atoms with Crippen LogP contribution in [0.4, 0.5) is 0 Å². The molecule has 0 aromatic carbocycles. The average Bonchev–Trinajstić information content (AvgIpc) is 2.31. The first-order valence-corrected chi connectivity index (χ1v) is 5.62. The van der Waals surface area contributed by atoms with Crippen LogP contribution < -0.4 is 10.6 Å². The number of nitriles is 1. The maximum atomic E-state index is 8.80. The summed E-state index contributed by atoms with van der Waals surface area (Å²) in [4.78, 5) is 0. The van der Waals surface area contributed by atoms with Gasteiger partial charge in [-0.3, -0.25) is 0 Å². The fourth-order valence-corrected chi connectivity index (χ4v) is 2.26. The molecule has 15 heavy (non-hydrogen) atoms. The van der Waals surface area contributed by atoms with Gasteiger partial charge in [0.25, 0.3) is 0 Å². The summed E-state index contributed by atoms with van der Waals surface area (Å²) in [6.07, 6.45) is 7.52. The van der Waals surface area contributed by atoms with E-state index >= 15 is 0 Å². The van der Waals surface area contributed by atoms with Gasteiger partial charge in [-0.25, -0.2) is 0 Å². The van der Waals surface area contributed by atoms with Crippen molar-refractivity contribution in [2.75, 3.05) is 19.6 Å². The zero-order valence-electron chi connectivity index (χ0n) is 8.92. The van der Waals surface area contributed by atoms with Gasteiger partial charge in [-0.15, -0.1) is 0 Å². The molecular formula is C12H17N3. The Balaban J connectivity index is 1.91. The minimum atomic E-state index is 0.755. The van der Waals surface area contributed by atoms with Crippen molar-refractivity contribution in [1.29, 1.82) is 5.26 Å². The Hall–Kier alpha value is -1.27. The summed E-state index contributed by atoms with van der Waals surface area (Å²) in [5.41, 5.74) is 2.13. The standard InChI is InChI=1S/C12H17N3/c13-7-12-6-11(8-15-9-12)5-10-1-3-14-4-2-10/h6,9-10,14-15H,1-5,8H2. The van der Waals surface area contributed by atoms with Crippen LogP contribution in [0.15, 0.2) is 23.4 Å². The minimum absolute atomic E-state index is 0.755. The number of allylic oxidation sites excluding steroid dienone is 2. The summed E-state index contributed by atoms with van der Waals surface area (Å²) in [7, 11) is 0. The highest BCUT2D eigenvalue weighted by molar-refractivity contribution is 5.38. The van der Waals surface area contributed by atoms with E-state index in [9.17, 15) is 0 Å². The first kappa shape index (κ1) is 10.3. The lowest BCUT2D eigenvalue weighted by Crippen LogP contribution is -2.28. The van der Waals surface area contributed by atoms with E-state index < -0.39 is 0 Å². The van der Waals surface area contributed by atoms with E-state index in [1.165, 1.54) is 18.4 Å². The van der Waals surface area contributed by atoms with Crippen LogP contribution in [0.25, 0.3) is 0 Å². The summed E-state index contributed by atoms with van der Waals surface area (Å²) < 4.78 is 0. The molecule has 2 N–H and O–H groups in total. The predicted octanol–water partition coefficient (Wildman–Crippen LogP) is 1.31. The smallest absolute Gasteiger partial charge is 0.101 e. The third-order valence-corrected chi connectivity index (χ3v) is 3.09. The van der Waals surface area contributed by atoms with Crippen LogP contribution in [0.5, 0.6) is 0 Å². The van der Waals surface area contributed by atoms with Crippen LogP contribution in [-0.4, -0.2) is 19.6 Å². The first-order valence-electron chi connectivity index (χ1n) is 5.62. The molecule has 0 atom stereocenters. The van der Waals surface area contributed by atoms with Gasteiger partial charge < -0.3 is 10.6 Å². The number of rotatable bonds is 2. The molecule has 80 valence electrons. The van der Waals surface area contributed by atoms with Gasteiger partial charge in [0.05, 0.1) is 5.57 Å². The molecule has 0 amide bonds. The molecule has 0 unspecified atom stereocenters. The SMILES string of the molecule is N#CC1=CNCC(CC2CCNCC2)=C1. The van der Waals surface area contributed by atoms with Crippen LogP contribution in [0.1, 0.15) is 19.3 Å². The van der Waals surface area contributed by atoms with Crippen LogP contribution in [0, 0.1) is 17.2 Å². The molecule has 2 aliphatic rings. The summed E-state index contributed by atoms with van der Waals surface area (Å²) >= 11 is 0. The second kappa shape index (κ2) is 4.99. The van der Waals surface area contributed by atoms with Gasteiger partial charge in [0.1, 0.15) is 6.07 Å². The molecule has 2 aliphatic heterocycles. The lowest BCUT2D eigenvalue weighted by Gasteiger charge is -2.24. The molecule has 0 aromatic rings. The molecule has 0 bridgehead atoms. The predicted molar refractivity (Wildman–Crippen MR) is 60.0 cm³/mol. The van der Waals surface area contributed by atoms with Crippen molar-refractivity contribution in [3.63, 3.8) is 0 Å². The van der Waals surface area contributed by atoms with Crippen molar-refractivity contribution in [3.8, 4) is 6.07 Å². The van der Waals surface area contributed by atoms with Crippen LogP contribution in [0.3, 0.4) is 0 Å². The molecule has 1 saturated heterocycles. The van der Waals surface area contributed by atoms with Crippen LogP contribution >= 0.6 is 0 Å². The normalized spacial score (nSPS) is 22.3. The Labute approximate surface area is 90.9 Å². The molecular weight excluding hydrogens is 186 g/mol. The quantitative estimate of drug-likeness (QED) is 0.711. The second-order valence-corrected chi connectivity index (χ2v) is 4.29. The molecule has 0 spiro atoms. The van der Waals surface area contributed by atoms with E-state index in [2.05, 4.69) is 16.7 Å². The van der Waals surface area contributed by atoms with Gasteiger partial charge in [-0.1, -0.05) is 0 Å². The molecule has 3 heteroatoms. The maximum absolute atomic E-state index is 8.80. The third kappa shape index (κ3) is 2.84. The molecule has 0 aromatic heterocycles. The largest absolute Gasteiger partial charge is 0.386 e. The summed E-state index contributed by atoms with van der Waals surface area (Å²) in [6.45, 7) is 3.20. The van der Waals surface area contributed by atoms with E-state index in [0.717, 1.165) is 37.5 Å². The fraction of sp³-hybridized carbons (Fsp3) is 0.583. The number of hydrogen-bond acceptors (Lipinski definition) is 3. The molecule has 0 aliphatic carbocycles. The molecule has 2 rings (SSSR count). The van der Waals surface area contributed by atoms with Crippen molar-refractivity contribution in [1.82, 2.24) is 10.6 Å². The zero-order valence-corrected chi connectivity index (χ0v) is 8.92. The fourth-order valence-electron chi connectivity index (χ4n) is 2.26. The van der Waals surface area contributed by atoms with Crippen molar-refractivity contribution >= 4 is 0 Å². The highest BCUT2D eigenvalue weighted by Gasteiger charge is 2.15. The van der Waals surface area contributed by atoms with Gasteiger partial charge in [0.15, 0.2) is 0 Å². The maximum Gasteiger partial charge on any atom is 0.101 e. The van der Waals surface area contributed by atoms with E-state index in [1.807, 2.05) is 6.08 Å². The lowest BCUT2D eigenvalue weighted by atomic mass is 9.89. The van der Waals surface area contributed by atoms with Crippen molar-refractivity contribution in [2.45, 2.75) is 19.3 Å². The molecule has 0 radical (unpaired) electrons. The number of nitrogens with zero attached hydrogens (tertiary/aromatic N) is 1. The number of hydrogen-bond donors (Lipinski definition) is 2. The van der Waals surface area contributed by atoms with Gasteiger partial charge in [-0.05, 0) is 49.9 Å². The second-order valence-electron chi connectivity index (χ2n) is 4.29. The average molecular weight is 203 g/mol. The van der Waals surface area contributed by atoms with Crippen LogP contribution in [0.2, 0.25) is 0 Å². The first-order chi connectivity index (χ1) is 7.38. The van der Waals surface area contributed by atoms with Crippen molar-refractivity contribution in [2.24, 2.45) is 5.92 Å². The Bertz CT molecular complexity index is 316.